The monoisotopic (exact) mass is 921 g/mol. The number of Topliss-reactive ketones (excluding diaryl/α,β-unsaturated/α-hetero) is 1. The van der Waals surface area contributed by atoms with Crippen molar-refractivity contribution in [2.24, 2.45) is 16.0 Å². The molecule has 28 nitrogen and oxygen atoms in total. The molecule has 6 unspecified atom stereocenters. The molecule has 334 valence electrons. The summed E-state index contributed by atoms with van der Waals surface area (Å²) in [4.78, 5) is 83.4. The number of azide groups is 2. The van der Waals surface area contributed by atoms with E-state index >= 15 is 0 Å². The number of ether oxygens (including phenoxy) is 4. The van der Waals surface area contributed by atoms with Gasteiger partial charge in [0.2, 0.25) is 5.91 Å². The quantitative estimate of drug-likeness (QED) is 0.0135. The van der Waals surface area contributed by atoms with E-state index in [4.69, 9.17) is 51.3 Å². The minimum absolute atomic E-state index is 0.0224. The van der Waals surface area contributed by atoms with E-state index < -0.39 is 79.7 Å². The van der Waals surface area contributed by atoms with Gasteiger partial charge in [-0.3, -0.25) is 18.7 Å². The molecule has 0 spiro atoms. The minimum atomic E-state index is -5.83. The zero-order chi connectivity index (χ0) is 45.1. The van der Waals surface area contributed by atoms with Crippen LogP contribution < -0.4 is 27.2 Å². The number of ketones is 1. The number of nitrogens with one attached hydrogen (secondary N) is 1. The summed E-state index contributed by atoms with van der Waals surface area (Å²) in [5.74, 6) is 4.51. The van der Waals surface area contributed by atoms with Crippen LogP contribution in [0.25, 0.3) is 20.9 Å². The smallest absolute Gasteiger partial charge is 0.490 e. The standard InChI is InChI=1S/C30H42N11O17P3/c31-11-4-2-1-3-10-23(42)20-7-5-9-22(13-20)52-18-27(38-40-34)53-17-26(43)35-12-6-8-21-15-41(30(44)37-29(21)32)28-14-24(54-19-36-39-33)25(56-28)16-55-60(48,49)58-61(50,51)57-59(45,46)47/h5,7,9,13,15,24-25,27-28H,1-4,10-12,14,16-19,31H2,(H,35,43)(H,48,49)(H,50,51)(H2,32,37,44)(H2,45,46,47). The number of nitrogens with two attached hydrogens (primary N) is 2. The highest BCUT2D eigenvalue weighted by Crippen LogP contribution is 2.66. The Kier molecular flexibility index (Phi) is 20.5. The highest BCUT2D eigenvalue weighted by Gasteiger charge is 2.43. The lowest BCUT2D eigenvalue weighted by atomic mass is 10.0. The number of phosphoric ester groups is 1. The second kappa shape index (κ2) is 24.6. The first-order valence-corrected chi connectivity index (χ1v) is 22.2. The second-order valence-electron chi connectivity index (χ2n) is 12.3. The van der Waals surface area contributed by atoms with Gasteiger partial charge in [0.1, 0.15) is 43.8 Å². The highest BCUT2D eigenvalue weighted by molar-refractivity contribution is 7.66. The molecule has 9 N–H and O–H groups in total. The summed E-state index contributed by atoms with van der Waals surface area (Å²) in [6.07, 6.45) is -0.250. The van der Waals surface area contributed by atoms with Crippen molar-refractivity contribution in [3.8, 4) is 17.6 Å². The molecule has 61 heavy (non-hydrogen) atoms. The van der Waals surface area contributed by atoms with Crippen molar-refractivity contribution < 1.29 is 75.0 Å². The summed E-state index contributed by atoms with van der Waals surface area (Å²) < 4.78 is 69.8. The number of phosphoric acid groups is 3. The number of carbonyl (C=O) groups excluding carboxylic acids is 2. The molecular weight excluding hydrogens is 879 g/mol. The molecule has 1 aliphatic rings. The van der Waals surface area contributed by atoms with E-state index in [-0.39, 0.29) is 36.7 Å². The molecular formula is C30H42N11O17P3. The van der Waals surface area contributed by atoms with Crippen LogP contribution in [0.15, 0.2) is 45.5 Å². The second-order valence-corrected chi connectivity index (χ2v) is 16.7. The molecule has 2 heterocycles. The first-order valence-electron chi connectivity index (χ1n) is 17.7. The largest absolute Gasteiger partial charge is 0.491 e. The Morgan fingerprint density at radius 3 is 2.56 bits per heavy atom. The average Bonchev–Trinajstić information content (AvgIpc) is 3.58. The molecule has 1 aliphatic heterocycles. The zero-order valence-electron chi connectivity index (χ0n) is 31.9. The third-order valence-corrected chi connectivity index (χ3v) is 11.6. The third kappa shape index (κ3) is 18.8. The molecule has 2 aromatic rings. The van der Waals surface area contributed by atoms with E-state index in [1.54, 1.807) is 24.3 Å². The average molecular weight is 922 g/mol. The van der Waals surface area contributed by atoms with E-state index in [0.29, 0.717) is 24.3 Å². The van der Waals surface area contributed by atoms with Gasteiger partial charge in [-0.25, -0.2) is 18.5 Å². The first kappa shape index (κ1) is 50.6. The summed E-state index contributed by atoms with van der Waals surface area (Å²) >= 11 is 0. The Bertz CT molecular complexity index is 2200. The third-order valence-electron chi connectivity index (χ3n) is 7.79. The van der Waals surface area contributed by atoms with Crippen LogP contribution >= 0.6 is 23.5 Å². The van der Waals surface area contributed by atoms with E-state index in [0.717, 1.165) is 36.4 Å². The van der Waals surface area contributed by atoms with Crippen molar-refractivity contribution in [1.82, 2.24) is 14.9 Å². The predicted molar refractivity (Wildman–Crippen MR) is 207 cm³/mol. The van der Waals surface area contributed by atoms with Crippen molar-refractivity contribution in [1.29, 1.82) is 0 Å². The van der Waals surface area contributed by atoms with Gasteiger partial charge in [0.05, 0.1) is 24.8 Å². The predicted octanol–water partition coefficient (Wildman–Crippen LogP) is 2.40. The lowest BCUT2D eigenvalue weighted by molar-refractivity contribution is -0.127. The van der Waals surface area contributed by atoms with Crippen molar-refractivity contribution in [2.45, 2.75) is 63.2 Å². The molecule has 1 saturated heterocycles. The van der Waals surface area contributed by atoms with Crippen molar-refractivity contribution >= 4 is 41.0 Å². The molecule has 3 rings (SSSR count). The number of nitrogen functional groups attached to an aromatic ring is 1. The Labute approximate surface area is 345 Å². The minimum Gasteiger partial charge on any atom is -0.491 e. The Hall–Kier alpha value is -4.73. The fourth-order valence-corrected chi connectivity index (χ4v) is 8.17. The Morgan fingerprint density at radius 2 is 1.85 bits per heavy atom. The molecule has 6 atom stereocenters. The van der Waals surface area contributed by atoms with Crippen LogP contribution in [0.2, 0.25) is 0 Å². The van der Waals surface area contributed by atoms with Crippen LogP contribution in [-0.4, -0.2) is 98.9 Å². The van der Waals surface area contributed by atoms with Crippen LogP contribution in [0, 0.1) is 11.8 Å². The maximum Gasteiger partial charge on any atom is 0.490 e. The molecule has 1 aromatic heterocycles. The Morgan fingerprint density at radius 1 is 1.10 bits per heavy atom. The van der Waals surface area contributed by atoms with Crippen LogP contribution in [0.4, 0.5) is 5.82 Å². The maximum absolute atomic E-state index is 12.8. The summed E-state index contributed by atoms with van der Waals surface area (Å²) in [5.41, 5.74) is 28.4. The van der Waals surface area contributed by atoms with Crippen LogP contribution in [0.5, 0.6) is 5.75 Å². The van der Waals surface area contributed by atoms with Crippen LogP contribution in [0.1, 0.15) is 60.7 Å². The van der Waals surface area contributed by atoms with Gasteiger partial charge >= 0.3 is 29.2 Å². The van der Waals surface area contributed by atoms with Gasteiger partial charge in [-0.1, -0.05) is 47.0 Å². The number of hydrogen-bond donors (Lipinski definition) is 7. The molecule has 0 bridgehead atoms. The van der Waals surface area contributed by atoms with Crippen LogP contribution in [0.3, 0.4) is 0 Å². The fraction of sp³-hybridized carbons (Fsp3) is 0.533. The summed E-state index contributed by atoms with van der Waals surface area (Å²) in [7, 11) is -17.1. The van der Waals surface area contributed by atoms with Gasteiger partial charge in [-0.05, 0) is 42.6 Å². The molecule has 0 radical (unpaired) electrons. The lowest BCUT2D eigenvalue weighted by Gasteiger charge is -2.21. The summed E-state index contributed by atoms with van der Waals surface area (Å²) in [6, 6.07) is 6.46. The molecule has 0 saturated carbocycles. The number of unbranched alkanes of at least 4 members (excludes halogenated alkanes) is 3. The molecule has 1 amide bonds. The molecule has 1 aromatic carbocycles. The molecule has 0 aliphatic carbocycles. The maximum atomic E-state index is 12.8. The van der Waals surface area contributed by atoms with E-state index in [9.17, 15) is 37.9 Å². The number of aromatic nitrogens is 2. The van der Waals surface area contributed by atoms with E-state index in [1.165, 1.54) is 0 Å². The fourth-order valence-electron chi connectivity index (χ4n) is 5.14. The normalized spacial score (nSPS) is 18.5. The van der Waals surface area contributed by atoms with Gasteiger partial charge in [0, 0.05) is 34.4 Å². The number of rotatable bonds is 26. The Balaban J connectivity index is 1.58. The van der Waals surface area contributed by atoms with Gasteiger partial charge in [-0.15, -0.1) is 0 Å². The van der Waals surface area contributed by atoms with Gasteiger partial charge in [0.25, 0.3) is 0 Å². The van der Waals surface area contributed by atoms with Crippen molar-refractivity contribution in [3.63, 3.8) is 0 Å². The van der Waals surface area contributed by atoms with Gasteiger partial charge < -0.3 is 55.3 Å². The number of nitrogens with zero attached hydrogens (tertiary/aromatic N) is 8. The zero-order valence-corrected chi connectivity index (χ0v) is 34.5. The number of benzene rings is 1. The van der Waals surface area contributed by atoms with Gasteiger partial charge in [-0.2, -0.15) is 13.6 Å². The van der Waals surface area contributed by atoms with E-state index in [2.05, 4.69) is 55.3 Å². The van der Waals surface area contributed by atoms with Gasteiger partial charge in [0.15, 0.2) is 12.0 Å². The topological polar surface area (TPSA) is 427 Å². The number of hydrogen-bond acceptors (Lipinski definition) is 18. The molecule has 1 fully saturated rings. The first-order chi connectivity index (χ1) is 28.8. The number of anilines is 1. The lowest BCUT2D eigenvalue weighted by Crippen LogP contribution is -2.31. The van der Waals surface area contributed by atoms with Crippen molar-refractivity contribution in [3.05, 3.63) is 73.0 Å². The van der Waals surface area contributed by atoms with Crippen LogP contribution in [-0.2, 0) is 45.8 Å². The summed E-state index contributed by atoms with van der Waals surface area (Å²) in [6.45, 7) is -2.06. The van der Waals surface area contributed by atoms with Crippen molar-refractivity contribution in [2.75, 3.05) is 45.4 Å². The summed E-state index contributed by atoms with van der Waals surface area (Å²) in [5, 5.41) is 9.14. The number of carbonyl (C=O) groups is 2. The van der Waals surface area contributed by atoms with E-state index in [1.807, 2.05) is 0 Å². The molecule has 31 heteroatoms. The number of amides is 1. The SMILES string of the molecule is [N-]=[N+]=NCOC1CC(n2cc(C#CCNC(=O)COC(COc3cccc(C(=O)CCCCCCN)c3)N=[N+]=[N-])c(N)nc2=O)OC1COP(=O)(O)OP(=O)(O)OP(=O)(O)O. The highest BCUT2D eigenvalue weighted by atomic mass is 31.3.